The van der Waals surface area contributed by atoms with Gasteiger partial charge in [-0.05, 0) is 66.6 Å². The molecule has 3 heterocycles. The number of pyridine rings is 2. The number of para-hydroxylation sites is 1. The van der Waals surface area contributed by atoms with E-state index in [1.165, 1.54) is 72.5 Å². The lowest BCUT2D eigenvalue weighted by Crippen LogP contribution is -2.38. The van der Waals surface area contributed by atoms with Gasteiger partial charge in [-0.2, -0.15) is 9.13 Å². The van der Waals surface area contributed by atoms with Crippen LogP contribution in [0.4, 0.5) is 0 Å². The van der Waals surface area contributed by atoms with E-state index in [1.807, 2.05) is 0 Å². The van der Waals surface area contributed by atoms with E-state index in [9.17, 15) is 0 Å². The molecule has 4 aromatic carbocycles. The summed E-state index contributed by atoms with van der Waals surface area (Å²) in [6.45, 7) is 2.01. The van der Waals surface area contributed by atoms with Gasteiger partial charge >= 0.3 is 0 Å². The van der Waals surface area contributed by atoms with Crippen molar-refractivity contribution in [3.8, 4) is 11.3 Å². The second kappa shape index (κ2) is 10.1. The molecule has 3 aromatic heterocycles. The lowest BCUT2D eigenvalue weighted by molar-refractivity contribution is -0.662. The summed E-state index contributed by atoms with van der Waals surface area (Å²) in [4.78, 5) is 3.66. The van der Waals surface area contributed by atoms with Gasteiger partial charge in [0.25, 0.3) is 0 Å². The largest absolute Gasteiger partial charge is 0.349 e. The van der Waals surface area contributed by atoms with Gasteiger partial charge in [0, 0.05) is 62.2 Å². The van der Waals surface area contributed by atoms with Crippen LogP contribution < -0.4 is 9.13 Å². The third kappa shape index (κ3) is 4.29. The van der Waals surface area contributed by atoms with Crippen LogP contribution in [-0.4, -0.2) is 4.98 Å². The Morgan fingerprint density at radius 3 is 2.12 bits per heavy atom. The van der Waals surface area contributed by atoms with E-state index >= 15 is 0 Å². The molecule has 3 nitrogen and oxygen atoms in total. The Morgan fingerprint density at radius 2 is 1.29 bits per heavy atom. The number of aromatic nitrogens is 3. The Kier molecular flexibility index (Phi) is 6.19. The number of hydrogen-bond donors (Lipinski definition) is 1. The summed E-state index contributed by atoms with van der Waals surface area (Å²) >= 11 is 7.37. The molecule has 7 aromatic rings. The Bertz CT molecular complexity index is 2140. The summed E-state index contributed by atoms with van der Waals surface area (Å²) in [6, 6.07) is 35.6. The predicted octanol–water partition coefficient (Wildman–Crippen LogP) is 9.17. The number of fused-ring (bicyclic) bond motifs is 8. The smallest absolute Gasteiger partial charge is 0.238 e. The van der Waals surface area contributed by atoms with E-state index in [0.717, 1.165) is 41.3 Å². The zero-order valence-corrected chi connectivity index (χ0v) is 25.8. The molecule has 0 saturated carbocycles. The fourth-order valence-corrected chi connectivity index (χ4v) is 7.65. The van der Waals surface area contributed by atoms with Crippen molar-refractivity contribution in [1.82, 2.24) is 4.98 Å². The molecule has 0 atom stereocenters. The summed E-state index contributed by atoms with van der Waals surface area (Å²) in [5.41, 5.74) is 12.0. The molecule has 41 heavy (non-hydrogen) atoms. The molecule has 0 bridgehead atoms. The molecule has 0 spiro atoms. The Morgan fingerprint density at radius 1 is 0.610 bits per heavy atom. The molecule has 0 fully saturated rings. The number of nitrogens with one attached hydrogen (secondary N) is 1. The fourth-order valence-electron chi connectivity index (χ4n) is 6.89. The molecular weight excluding hydrogens is 634 g/mol. The number of halogens is 2. The van der Waals surface area contributed by atoms with Crippen LogP contribution in [0.25, 0.3) is 55.0 Å². The predicted molar refractivity (Wildman–Crippen MR) is 175 cm³/mol. The van der Waals surface area contributed by atoms with Gasteiger partial charge in [-0.1, -0.05) is 62.2 Å². The van der Waals surface area contributed by atoms with Gasteiger partial charge in [-0.15, -0.1) is 0 Å². The highest BCUT2D eigenvalue weighted by atomic mass is 79.9. The zero-order valence-electron chi connectivity index (χ0n) is 22.6. The first-order valence-electron chi connectivity index (χ1n) is 14.4. The van der Waals surface area contributed by atoms with Crippen LogP contribution in [-0.2, 0) is 19.5 Å². The van der Waals surface area contributed by atoms with Gasteiger partial charge in [-0.3, -0.25) is 0 Å². The number of unbranched alkanes of at least 4 members (excludes halogenated alkanes) is 2. The number of nitrogens with zero attached hydrogens (tertiary/aromatic N) is 2. The maximum absolute atomic E-state index is 3.70. The number of rotatable bonds is 6. The number of H-pyrrole nitrogens is 1. The van der Waals surface area contributed by atoms with Crippen LogP contribution in [0.2, 0.25) is 0 Å². The first-order valence-corrected chi connectivity index (χ1v) is 16.0. The van der Waals surface area contributed by atoms with Gasteiger partial charge < -0.3 is 4.98 Å². The van der Waals surface area contributed by atoms with Crippen molar-refractivity contribution in [2.75, 3.05) is 0 Å². The summed E-state index contributed by atoms with van der Waals surface area (Å²) in [5.74, 6) is 0. The SMILES string of the molecule is Brc1ccc2c(c1)cc1c([n+]2CCCCC[n+]2c3ccc(Br)cc3cc3[nH]c4ccccc4c32)-c2ccccc2C1. The molecule has 0 aliphatic heterocycles. The van der Waals surface area contributed by atoms with Crippen molar-refractivity contribution in [1.29, 1.82) is 0 Å². The van der Waals surface area contributed by atoms with E-state index in [4.69, 9.17) is 0 Å². The first kappa shape index (κ1) is 25.2. The van der Waals surface area contributed by atoms with Crippen molar-refractivity contribution >= 4 is 75.6 Å². The second-order valence-electron chi connectivity index (χ2n) is 11.2. The van der Waals surface area contributed by atoms with Gasteiger partial charge in [-0.25, -0.2) is 0 Å². The zero-order chi connectivity index (χ0) is 27.5. The monoisotopic (exact) mass is 661 g/mol. The van der Waals surface area contributed by atoms with Crippen LogP contribution in [0.1, 0.15) is 30.4 Å². The number of hydrogen-bond acceptors (Lipinski definition) is 0. The Balaban J connectivity index is 1.11. The van der Waals surface area contributed by atoms with E-state index in [0.29, 0.717) is 0 Å². The molecule has 0 amide bonds. The summed E-state index contributed by atoms with van der Waals surface area (Å²) in [7, 11) is 0. The van der Waals surface area contributed by atoms with Gasteiger partial charge in [0.15, 0.2) is 0 Å². The molecule has 0 radical (unpaired) electrons. The maximum Gasteiger partial charge on any atom is 0.238 e. The normalized spacial score (nSPS) is 12.5. The van der Waals surface area contributed by atoms with E-state index in [1.54, 1.807) is 0 Å². The minimum Gasteiger partial charge on any atom is -0.349 e. The average Bonchev–Trinajstić information content (AvgIpc) is 3.53. The van der Waals surface area contributed by atoms with Crippen molar-refractivity contribution < 1.29 is 9.13 Å². The lowest BCUT2D eigenvalue weighted by atomic mass is 10.1. The third-order valence-corrected chi connectivity index (χ3v) is 9.64. The van der Waals surface area contributed by atoms with Crippen molar-refractivity contribution in [3.05, 3.63) is 117 Å². The third-order valence-electron chi connectivity index (χ3n) is 8.66. The van der Waals surface area contributed by atoms with Crippen LogP contribution in [0, 0.1) is 0 Å². The van der Waals surface area contributed by atoms with Crippen LogP contribution in [0.5, 0.6) is 0 Å². The highest BCUT2D eigenvalue weighted by molar-refractivity contribution is 9.10. The van der Waals surface area contributed by atoms with Crippen LogP contribution in [0.3, 0.4) is 0 Å². The standard InChI is InChI=1S/C36H28Br2N3/c37-27-12-14-33-24(20-27)19-26-18-23-8-2-3-9-29(23)35(26)40(33)16-6-1-7-17-41-34-15-13-28(38)21-25(34)22-32-36(41)30-10-4-5-11-31(30)39-32/h2-5,8-15,19-22H,1,6-7,16-18H2/q+1/p+1. The topological polar surface area (TPSA) is 23.5 Å². The Hall–Kier alpha value is -3.54. The van der Waals surface area contributed by atoms with Crippen LogP contribution in [0.15, 0.2) is 106 Å². The fraction of sp³-hybridized carbons (Fsp3) is 0.167. The molecule has 200 valence electrons. The number of aryl methyl sites for hydroxylation is 2. The summed E-state index contributed by atoms with van der Waals surface area (Å²) < 4.78 is 7.37. The van der Waals surface area contributed by atoms with E-state index in [-0.39, 0.29) is 0 Å². The summed E-state index contributed by atoms with van der Waals surface area (Å²) in [6.07, 6.45) is 4.45. The quantitative estimate of drug-likeness (QED) is 0.136. The minimum absolute atomic E-state index is 0.991. The number of benzene rings is 4. The second-order valence-corrected chi connectivity index (χ2v) is 13.0. The molecular formula is C36H29Br2N3+2. The van der Waals surface area contributed by atoms with E-state index in [2.05, 4.69) is 143 Å². The highest BCUT2D eigenvalue weighted by Crippen LogP contribution is 2.36. The summed E-state index contributed by atoms with van der Waals surface area (Å²) in [5, 5.41) is 3.86. The minimum atomic E-state index is 0.991. The van der Waals surface area contributed by atoms with Gasteiger partial charge in [0.05, 0.1) is 10.9 Å². The van der Waals surface area contributed by atoms with Gasteiger partial charge in [0.1, 0.15) is 18.6 Å². The number of aromatic amines is 1. The van der Waals surface area contributed by atoms with E-state index < -0.39 is 0 Å². The average molecular weight is 663 g/mol. The molecule has 5 heteroatoms. The van der Waals surface area contributed by atoms with Gasteiger partial charge in [0.2, 0.25) is 22.2 Å². The molecule has 1 aliphatic carbocycles. The first-order chi connectivity index (χ1) is 20.1. The highest BCUT2D eigenvalue weighted by Gasteiger charge is 2.30. The van der Waals surface area contributed by atoms with Crippen molar-refractivity contribution in [3.63, 3.8) is 0 Å². The molecule has 0 saturated heterocycles. The molecule has 0 unspecified atom stereocenters. The Labute approximate surface area is 255 Å². The maximum atomic E-state index is 3.70. The van der Waals surface area contributed by atoms with Crippen LogP contribution >= 0.6 is 31.9 Å². The lowest BCUT2D eigenvalue weighted by Gasteiger charge is -2.09. The molecule has 1 N–H and O–H groups in total. The van der Waals surface area contributed by atoms with Crippen molar-refractivity contribution in [2.45, 2.75) is 38.8 Å². The van der Waals surface area contributed by atoms with Crippen molar-refractivity contribution in [2.24, 2.45) is 0 Å². The molecule has 1 aliphatic rings. The molecule has 8 rings (SSSR count).